The lowest BCUT2D eigenvalue weighted by molar-refractivity contribution is -0.136. The van der Waals surface area contributed by atoms with Crippen molar-refractivity contribution in [2.75, 3.05) is 0 Å². The molecule has 2 N–H and O–H groups in total. The molecule has 7 heteroatoms. The molecule has 3 rings (SSSR count). The van der Waals surface area contributed by atoms with Gasteiger partial charge in [0.1, 0.15) is 5.82 Å². The summed E-state index contributed by atoms with van der Waals surface area (Å²) < 4.78 is 15.4. The van der Waals surface area contributed by atoms with Crippen molar-refractivity contribution in [1.82, 2.24) is 14.6 Å². The van der Waals surface area contributed by atoms with E-state index in [0.717, 1.165) is 0 Å². The maximum Gasteiger partial charge on any atom is 0.303 e. The van der Waals surface area contributed by atoms with Crippen LogP contribution in [-0.2, 0) is 11.2 Å². The lowest BCUT2D eigenvalue weighted by atomic mass is 10.1. The first-order valence-electron chi connectivity index (χ1n) is 7.47. The lowest BCUT2D eigenvalue weighted by Crippen LogP contribution is -2.22. The van der Waals surface area contributed by atoms with Crippen molar-refractivity contribution in [3.05, 3.63) is 57.4 Å². The molecular formula is C17H16FN3O3. The van der Waals surface area contributed by atoms with Gasteiger partial charge in [0, 0.05) is 34.5 Å². The first kappa shape index (κ1) is 15.9. The number of halogens is 1. The minimum absolute atomic E-state index is 0.100. The summed E-state index contributed by atoms with van der Waals surface area (Å²) in [6, 6.07) is 6.29. The average Bonchev–Trinajstić information content (AvgIpc) is 2.84. The van der Waals surface area contributed by atoms with E-state index in [9.17, 15) is 14.0 Å². The van der Waals surface area contributed by atoms with Gasteiger partial charge in [0.05, 0.1) is 0 Å². The zero-order valence-corrected chi connectivity index (χ0v) is 13.3. The Labute approximate surface area is 136 Å². The first-order chi connectivity index (χ1) is 11.4. The molecule has 0 saturated carbocycles. The molecule has 0 aliphatic heterocycles. The topological polar surface area (TPSA) is 87.5 Å². The number of aliphatic carboxylic acids is 1. The van der Waals surface area contributed by atoms with Crippen LogP contribution in [0.2, 0.25) is 0 Å². The molecule has 0 aliphatic carbocycles. The molecule has 0 bridgehead atoms. The summed E-state index contributed by atoms with van der Waals surface area (Å²) >= 11 is 0. The van der Waals surface area contributed by atoms with Crippen LogP contribution < -0.4 is 5.56 Å². The van der Waals surface area contributed by atoms with Crippen LogP contribution in [0.5, 0.6) is 0 Å². The van der Waals surface area contributed by atoms with Crippen LogP contribution in [0.1, 0.15) is 23.4 Å². The number of carboxylic acids is 1. The number of benzene rings is 1. The number of aromatic amines is 1. The summed E-state index contributed by atoms with van der Waals surface area (Å²) in [5.41, 5.74) is 2.27. The number of aryl methyl sites for hydroxylation is 2. The average molecular weight is 329 g/mol. The molecule has 0 radical (unpaired) electrons. The van der Waals surface area contributed by atoms with Gasteiger partial charge in [-0.15, -0.1) is 0 Å². The van der Waals surface area contributed by atoms with E-state index in [1.54, 1.807) is 32.0 Å². The quantitative estimate of drug-likeness (QED) is 0.770. The maximum absolute atomic E-state index is 14.2. The minimum atomic E-state index is -0.978. The van der Waals surface area contributed by atoms with E-state index in [0.29, 0.717) is 33.7 Å². The van der Waals surface area contributed by atoms with E-state index in [1.165, 1.54) is 10.6 Å². The van der Waals surface area contributed by atoms with Crippen molar-refractivity contribution in [3.63, 3.8) is 0 Å². The van der Waals surface area contributed by atoms with Gasteiger partial charge in [-0.05, 0) is 26.3 Å². The molecule has 6 nitrogen and oxygen atoms in total. The molecule has 1 aromatic carbocycles. The van der Waals surface area contributed by atoms with Crippen LogP contribution >= 0.6 is 0 Å². The van der Waals surface area contributed by atoms with Crippen molar-refractivity contribution in [2.24, 2.45) is 0 Å². The second-order valence-electron chi connectivity index (χ2n) is 5.63. The summed E-state index contributed by atoms with van der Waals surface area (Å²) in [6.45, 7) is 3.40. The molecule has 0 spiro atoms. The highest BCUT2D eigenvalue weighted by Crippen LogP contribution is 2.29. The first-order valence-corrected chi connectivity index (χ1v) is 7.47. The van der Waals surface area contributed by atoms with Gasteiger partial charge in [-0.1, -0.05) is 18.2 Å². The van der Waals surface area contributed by atoms with Crippen LogP contribution in [0.4, 0.5) is 4.39 Å². The van der Waals surface area contributed by atoms with Gasteiger partial charge >= 0.3 is 5.97 Å². The van der Waals surface area contributed by atoms with E-state index < -0.39 is 11.8 Å². The molecule has 24 heavy (non-hydrogen) atoms. The number of hydrogen-bond acceptors (Lipinski definition) is 3. The number of fused-ring (bicyclic) bond motifs is 1. The third-order valence-electron chi connectivity index (χ3n) is 3.99. The van der Waals surface area contributed by atoms with Gasteiger partial charge in [0.25, 0.3) is 5.56 Å². The standard InChI is InChI=1S/C17H16FN3O3/c1-9-11(7-8-14(22)23)17(24)21-16(19-9)15(10(2)20-21)12-5-3-4-6-13(12)18/h3-6,20H,7-8H2,1-2H3,(H,22,23). The monoisotopic (exact) mass is 329 g/mol. The van der Waals surface area contributed by atoms with Crippen LogP contribution in [0.3, 0.4) is 0 Å². The molecule has 0 fully saturated rings. The van der Waals surface area contributed by atoms with Crippen LogP contribution in [0.15, 0.2) is 29.1 Å². The summed E-state index contributed by atoms with van der Waals surface area (Å²) in [6.07, 6.45) is -0.0489. The van der Waals surface area contributed by atoms with Crippen LogP contribution in [0, 0.1) is 19.7 Å². The maximum atomic E-state index is 14.2. The van der Waals surface area contributed by atoms with Gasteiger partial charge < -0.3 is 5.11 Å². The van der Waals surface area contributed by atoms with Gasteiger partial charge in [-0.3, -0.25) is 14.7 Å². The van der Waals surface area contributed by atoms with Crippen molar-refractivity contribution in [1.29, 1.82) is 0 Å². The molecule has 3 aromatic rings. The van der Waals surface area contributed by atoms with Gasteiger partial charge in [-0.25, -0.2) is 13.9 Å². The SMILES string of the molecule is Cc1nc2c(-c3ccccc3F)c(C)[nH]n2c(=O)c1CCC(=O)O. The fourth-order valence-electron chi connectivity index (χ4n) is 2.83. The van der Waals surface area contributed by atoms with Crippen molar-refractivity contribution >= 4 is 11.6 Å². The largest absolute Gasteiger partial charge is 0.481 e. The van der Waals surface area contributed by atoms with E-state index in [4.69, 9.17) is 5.11 Å². The molecule has 0 amide bonds. The molecule has 2 aromatic heterocycles. The number of carbonyl (C=O) groups is 1. The number of H-pyrrole nitrogens is 1. The van der Waals surface area contributed by atoms with Gasteiger partial charge in [0.2, 0.25) is 0 Å². The minimum Gasteiger partial charge on any atom is -0.481 e. The van der Waals surface area contributed by atoms with Crippen molar-refractivity contribution in [2.45, 2.75) is 26.7 Å². The molecule has 124 valence electrons. The summed E-state index contributed by atoms with van der Waals surface area (Å²) in [5.74, 6) is -1.38. The van der Waals surface area contributed by atoms with Crippen molar-refractivity contribution in [3.8, 4) is 11.1 Å². The Balaban J connectivity index is 2.25. The Bertz CT molecular complexity index is 1000. The van der Waals surface area contributed by atoms with Crippen LogP contribution in [-0.4, -0.2) is 25.7 Å². The third kappa shape index (κ3) is 2.58. The Morgan fingerprint density at radius 1 is 1.33 bits per heavy atom. The Kier molecular flexibility index (Phi) is 3.92. The highest BCUT2D eigenvalue weighted by molar-refractivity contribution is 5.80. The second-order valence-corrected chi connectivity index (χ2v) is 5.63. The molecule has 0 saturated heterocycles. The van der Waals surface area contributed by atoms with Crippen LogP contribution in [0.25, 0.3) is 16.8 Å². The third-order valence-corrected chi connectivity index (χ3v) is 3.99. The summed E-state index contributed by atoms with van der Waals surface area (Å²) in [7, 11) is 0. The zero-order chi connectivity index (χ0) is 17.4. The lowest BCUT2D eigenvalue weighted by Gasteiger charge is -2.06. The Morgan fingerprint density at radius 2 is 2.04 bits per heavy atom. The predicted molar refractivity (Wildman–Crippen MR) is 86.6 cm³/mol. The second kappa shape index (κ2) is 5.92. The normalized spacial score (nSPS) is 11.1. The number of aromatic nitrogens is 3. The fourth-order valence-corrected chi connectivity index (χ4v) is 2.83. The van der Waals surface area contributed by atoms with Gasteiger partial charge in [0.15, 0.2) is 5.65 Å². The molecule has 0 atom stereocenters. The summed E-state index contributed by atoms with van der Waals surface area (Å²) in [4.78, 5) is 27.8. The highest BCUT2D eigenvalue weighted by atomic mass is 19.1. The number of nitrogens with one attached hydrogen (secondary N) is 1. The zero-order valence-electron chi connectivity index (χ0n) is 13.3. The van der Waals surface area contributed by atoms with E-state index in [2.05, 4.69) is 10.1 Å². The van der Waals surface area contributed by atoms with E-state index in [-0.39, 0.29) is 18.4 Å². The van der Waals surface area contributed by atoms with Gasteiger partial charge in [-0.2, -0.15) is 0 Å². The Hall–Kier alpha value is -2.96. The fraction of sp³-hybridized carbons (Fsp3) is 0.235. The summed E-state index contributed by atoms with van der Waals surface area (Å²) in [5, 5.41) is 11.7. The highest BCUT2D eigenvalue weighted by Gasteiger charge is 2.19. The molecule has 0 unspecified atom stereocenters. The number of rotatable bonds is 4. The molecule has 2 heterocycles. The molecule has 0 aliphatic rings. The molecular weight excluding hydrogens is 313 g/mol. The number of hydrogen-bond donors (Lipinski definition) is 2. The van der Waals surface area contributed by atoms with E-state index >= 15 is 0 Å². The van der Waals surface area contributed by atoms with Crippen molar-refractivity contribution < 1.29 is 14.3 Å². The number of carboxylic acid groups (broad SMARTS) is 1. The smallest absolute Gasteiger partial charge is 0.303 e. The number of nitrogens with zero attached hydrogens (tertiary/aromatic N) is 2. The predicted octanol–water partition coefficient (Wildman–Crippen LogP) is 2.46. The van der Waals surface area contributed by atoms with E-state index in [1.807, 2.05) is 0 Å². The Morgan fingerprint density at radius 3 is 2.71 bits per heavy atom.